The van der Waals surface area contributed by atoms with Crippen molar-refractivity contribution in [1.82, 2.24) is 10.6 Å². The van der Waals surface area contributed by atoms with E-state index in [0.29, 0.717) is 6.54 Å². The van der Waals surface area contributed by atoms with Gasteiger partial charge in [0.15, 0.2) is 0 Å². The second-order valence-electron chi connectivity index (χ2n) is 6.55. The summed E-state index contributed by atoms with van der Waals surface area (Å²) in [6.07, 6.45) is 2.76. The van der Waals surface area contributed by atoms with Gasteiger partial charge in [-0.05, 0) is 48.1 Å². The summed E-state index contributed by atoms with van der Waals surface area (Å²) >= 11 is 0. The molecule has 3 rings (SSSR count). The quantitative estimate of drug-likeness (QED) is 0.640. The van der Waals surface area contributed by atoms with Gasteiger partial charge < -0.3 is 15.5 Å². The van der Waals surface area contributed by atoms with E-state index in [9.17, 15) is 9.59 Å². The molecule has 0 unspecified atom stereocenters. The predicted molar refractivity (Wildman–Crippen MR) is 103 cm³/mol. The van der Waals surface area contributed by atoms with E-state index in [0.717, 1.165) is 32.4 Å². The molecule has 5 heteroatoms. The molecule has 0 aromatic heterocycles. The van der Waals surface area contributed by atoms with Crippen LogP contribution < -0.4 is 15.5 Å². The number of nitrogens with zero attached hydrogens (tertiary/aromatic N) is 1. The third-order valence-corrected chi connectivity index (χ3v) is 4.79. The lowest BCUT2D eigenvalue weighted by Crippen LogP contribution is -2.38. The molecular formula is C21H25N3O2. The van der Waals surface area contributed by atoms with Crippen LogP contribution in [-0.4, -0.2) is 32.0 Å². The topological polar surface area (TPSA) is 61.4 Å². The summed E-state index contributed by atoms with van der Waals surface area (Å²) in [5, 5.41) is 4.93. The molecule has 2 aromatic rings. The molecule has 0 aliphatic carbocycles. The summed E-state index contributed by atoms with van der Waals surface area (Å²) in [6.45, 7) is 2.50. The Kier molecular flexibility index (Phi) is 5.89. The SMILES string of the molecule is CNC(=O)C(=O)NCCCc1ccc(N2CCc3ccccc3C2)cc1. The van der Waals surface area contributed by atoms with Crippen LogP contribution in [-0.2, 0) is 29.0 Å². The standard InChI is InChI=1S/C21H25N3O2/c1-22-20(25)21(26)23-13-4-5-16-8-10-19(11-9-16)24-14-12-17-6-2-3-7-18(17)15-24/h2-3,6-11H,4-5,12-15H2,1H3,(H,22,25)(H,23,26). The van der Waals surface area contributed by atoms with Gasteiger partial charge >= 0.3 is 11.8 Å². The van der Waals surface area contributed by atoms with Crippen molar-refractivity contribution in [2.24, 2.45) is 0 Å². The number of hydrogen-bond acceptors (Lipinski definition) is 3. The van der Waals surface area contributed by atoms with Crippen LogP contribution in [0.4, 0.5) is 5.69 Å². The highest BCUT2D eigenvalue weighted by atomic mass is 16.2. The average molecular weight is 351 g/mol. The molecule has 5 nitrogen and oxygen atoms in total. The van der Waals surface area contributed by atoms with E-state index >= 15 is 0 Å². The Balaban J connectivity index is 1.48. The molecule has 2 amide bonds. The Hall–Kier alpha value is -2.82. The molecule has 0 bridgehead atoms. The lowest BCUT2D eigenvalue weighted by Gasteiger charge is -2.30. The maximum Gasteiger partial charge on any atom is 0.309 e. The summed E-state index contributed by atoms with van der Waals surface area (Å²) in [5.74, 6) is -1.18. The van der Waals surface area contributed by atoms with E-state index in [1.807, 2.05) is 0 Å². The van der Waals surface area contributed by atoms with Crippen molar-refractivity contribution in [1.29, 1.82) is 0 Å². The summed E-state index contributed by atoms with van der Waals surface area (Å²) in [6, 6.07) is 17.3. The number of hydrogen-bond donors (Lipinski definition) is 2. The fourth-order valence-corrected chi connectivity index (χ4v) is 3.28. The number of carbonyl (C=O) groups excluding carboxylic acids is 2. The van der Waals surface area contributed by atoms with Crippen molar-refractivity contribution in [3.8, 4) is 0 Å². The van der Waals surface area contributed by atoms with Crippen molar-refractivity contribution in [2.45, 2.75) is 25.8 Å². The van der Waals surface area contributed by atoms with Crippen LogP contribution in [0.3, 0.4) is 0 Å². The molecule has 2 aromatic carbocycles. The monoisotopic (exact) mass is 351 g/mol. The van der Waals surface area contributed by atoms with Crippen LogP contribution in [0.15, 0.2) is 48.5 Å². The number of rotatable bonds is 5. The maximum absolute atomic E-state index is 11.4. The van der Waals surface area contributed by atoms with Crippen LogP contribution in [0, 0.1) is 0 Å². The van der Waals surface area contributed by atoms with E-state index in [1.165, 1.54) is 29.4 Å². The Labute approximate surface area is 154 Å². The van der Waals surface area contributed by atoms with E-state index in [-0.39, 0.29) is 0 Å². The predicted octanol–water partition coefficient (Wildman–Crippen LogP) is 2.04. The zero-order valence-electron chi connectivity index (χ0n) is 15.1. The first-order chi connectivity index (χ1) is 12.7. The van der Waals surface area contributed by atoms with Crippen molar-refractivity contribution < 1.29 is 9.59 Å². The minimum absolute atomic E-state index is 0.497. The number of amides is 2. The molecule has 1 aliphatic heterocycles. The summed E-state index contributed by atoms with van der Waals surface area (Å²) in [5.41, 5.74) is 5.35. The molecule has 26 heavy (non-hydrogen) atoms. The third-order valence-electron chi connectivity index (χ3n) is 4.79. The third kappa shape index (κ3) is 4.42. The number of nitrogens with one attached hydrogen (secondary N) is 2. The van der Waals surface area contributed by atoms with E-state index < -0.39 is 11.8 Å². The van der Waals surface area contributed by atoms with Gasteiger partial charge in [0.05, 0.1) is 0 Å². The molecule has 1 aliphatic rings. The first kappa shape index (κ1) is 18.0. The Morgan fingerprint density at radius 1 is 1.00 bits per heavy atom. The number of anilines is 1. The fourth-order valence-electron chi connectivity index (χ4n) is 3.28. The van der Waals surface area contributed by atoms with Gasteiger partial charge in [-0.1, -0.05) is 36.4 Å². The van der Waals surface area contributed by atoms with Gasteiger partial charge in [-0.15, -0.1) is 0 Å². The Bertz CT molecular complexity index is 771. The van der Waals surface area contributed by atoms with Gasteiger partial charge in [-0.3, -0.25) is 9.59 Å². The van der Waals surface area contributed by atoms with Gasteiger partial charge in [0.25, 0.3) is 0 Å². The molecule has 0 atom stereocenters. The number of benzene rings is 2. The normalized spacial score (nSPS) is 13.0. The molecule has 0 fully saturated rings. The number of carbonyl (C=O) groups is 2. The smallest absolute Gasteiger partial charge is 0.309 e. The van der Waals surface area contributed by atoms with Crippen LogP contribution in [0.5, 0.6) is 0 Å². The Morgan fingerprint density at radius 3 is 2.46 bits per heavy atom. The first-order valence-corrected chi connectivity index (χ1v) is 9.08. The van der Waals surface area contributed by atoms with Gasteiger partial charge in [0, 0.05) is 32.4 Å². The van der Waals surface area contributed by atoms with Crippen LogP contribution in [0.1, 0.15) is 23.1 Å². The minimum Gasteiger partial charge on any atom is -0.367 e. The van der Waals surface area contributed by atoms with Gasteiger partial charge in [0.1, 0.15) is 0 Å². The van der Waals surface area contributed by atoms with Crippen LogP contribution >= 0.6 is 0 Å². The molecule has 136 valence electrons. The zero-order valence-corrected chi connectivity index (χ0v) is 15.1. The summed E-state index contributed by atoms with van der Waals surface area (Å²) in [4.78, 5) is 24.9. The second kappa shape index (κ2) is 8.52. The number of aryl methyl sites for hydroxylation is 1. The molecule has 0 radical (unpaired) electrons. The van der Waals surface area contributed by atoms with E-state index in [1.54, 1.807) is 0 Å². The number of likely N-dealkylation sites (N-methyl/N-ethyl adjacent to an activating group) is 1. The fraction of sp³-hybridized carbons (Fsp3) is 0.333. The highest BCUT2D eigenvalue weighted by Crippen LogP contribution is 2.24. The average Bonchev–Trinajstić information content (AvgIpc) is 2.70. The largest absolute Gasteiger partial charge is 0.367 e. The first-order valence-electron chi connectivity index (χ1n) is 9.08. The van der Waals surface area contributed by atoms with Crippen molar-refractivity contribution in [3.05, 3.63) is 65.2 Å². The van der Waals surface area contributed by atoms with Gasteiger partial charge in [-0.2, -0.15) is 0 Å². The maximum atomic E-state index is 11.4. The second-order valence-corrected chi connectivity index (χ2v) is 6.55. The Morgan fingerprint density at radius 2 is 1.73 bits per heavy atom. The minimum atomic E-state index is -0.600. The highest BCUT2D eigenvalue weighted by Gasteiger charge is 2.15. The molecule has 2 N–H and O–H groups in total. The van der Waals surface area contributed by atoms with Crippen LogP contribution in [0.25, 0.3) is 0 Å². The van der Waals surface area contributed by atoms with Crippen molar-refractivity contribution >= 4 is 17.5 Å². The van der Waals surface area contributed by atoms with Crippen molar-refractivity contribution in [3.63, 3.8) is 0 Å². The summed E-state index contributed by atoms with van der Waals surface area (Å²) < 4.78 is 0. The van der Waals surface area contributed by atoms with Gasteiger partial charge in [0.2, 0.25) is 0 Å². The highest BCUT2D eigenvalue weighted by molar-refractivity contribution is 6.34. The molecule has 1 heterocycles. The van der Waals surface area contributed by atoms with E-state index in [4.69, 9.17) is 0 Å². The molecule has 0 saturated carbocycles. The summed E-state index contributed by atoms with van der Waals surface area (Å²) in [7, 11) is 1.45. The number of fused-ring (bicyclic) bond motifs is 1. The molecule has 0 spiro atoms. The van der Waals surface area contributed by atoms with Crippen molar-refractivity contribution in [2.75, 3.05) is 25.0 Å². The zero-order chi connectivity index (χ0) is 18.4. The van der Waals surface area contributed by atoms with Crippen LogP contribution in [0.2, 0.25) is 0 Å². The lowest BCUT2D eigenvalue weighted by atomic mass is 9.99. The van der Waals surface area contributed by atoms with Gasteiger partial charge in [-0.25, -0.2) is 0 Å². The lowest BCUT2D eigenvalue weighted by molar-refractivity contribution is -0.138. The molecular weight excluding hydrogens is 326 g/mol. The molecule has 0 saturated heterocycles. The van der Waals surface area contributed by atoms with E-state index in [2.05, 4.69) is 64.1 Å².